The molecule has 1 unspecified atom stereocenters. The molecule has 1 aliphatic heterocycles. The molecular formula is C13H22N2O5. The van der Waals surface area contributed by atoms with Gasteiger partial charge in [0, 0.05) is 39.0 Å². The van der Waals surface area contributed by atoms with Crippen molar-refractivity contribution < 1.29 is 24.6 Å². The lowest BCUT2D eigenvalue weighted by Crippen LogP contribution is -2.39. The van der Waals surface area contributed by atoms with Crippen LogP contribution in [0.4, 0.5) is 0 Å². The Bertz CT molecular complexity index is 372. The number of nitrogens with one attached hydrogen (secondary N) is 1. The molecule has 0 spiro atoms. The molecule has 2 amide bonds. The summed E-state index contributed by atoms with van der Waals surface area (Å²) in [5.74, 6) is -1.34. The van der Waals surface area contributed by atoms with E-state index in [-0.39, 0.29) is 24.3 Å². The molecule has 1 aliphatic rings. The van der Waals surface area contributed by atoms with Crippen LogP contribution in [-0.2, 0) is 14.4 Å². The second-order valence-corrected chi connectivity index (χ2v) is 5.18. The highest BCUT2D eigenvalue weighted by molar-refractivity contribution is 5.82. The minimum Gasteiger partial charge on any atom is -0.480 e. The highest BCUT2D eigenvalue weighted by atomic mass is 16.4. The van der Waals surface area contributed by atoms with Crippen LogP contribution in [0.2, 0.25) is 0 Å². The van der Waals surface area contributed by atoms with Crippen LogP contribution in [0.1, 0.15) is 32.6 Å². The van der Waals surface area contributed by atoms with Crippen molar-refractivity contribution in [1.29, 1.82) is 0 Å². The van der Waals surface area contributed by atoms with Gasteiger partial charge in [0.05, 0.1) is 0 Å². The number of likely N-dealkylation sites (tertiary alicyclic amines) is 1. The van der Waals surface area contributed by atoms with Gasteiger partial charge >= 0.3 is 5.97 Å². The highest BCUT2D eigenvalue weighted by Gasteiger charge is 2.28. The number of aliphatic carboxylic acids is 1. The molecule has 7 nitrogen and oxygen atoms in total. The van der Waals surface area contributed by atoms with E-state index in [1.54, 1.807) is 4.90 Å². The van der Waals surface area contributed by atoms with Crippen molar-refractivity contribution in [2.75, 3.05) is 19.7 Å². The van der Waals surface area contributed by atoms with Crippen LogP contribution < -0.4 is 5.32 Å². The van der Waals surface area contributed by atoms with Crippen LogP contribution in [0, 0.1) is 5.92 Å². The predicted molar refractivity (Wildman–Crippen MR) is 70.9 cm³/mol. The fraction of sp³-hybridized carbons (Fsp3) is 0.769. The summed E-state index contributed by atoms with van der Waals surface area (Å²) < 4.78 is 0. The van der Waals surface area contributed by atoms with Gasteiger partial charge in [0.2, 0.25) is 11.8 Å². The van der Waals surface area contributed by atoms with Gasteiger partial charge in [0.1, 0.15) is 6.04 Å². The number of carboxylic acid groups (broad SMARTS) is 1. The number of hydrogen-bond acceptors (Lipinski definition) is 4. The molecule has 20 heavy (non-hydrogen) atoms. The van der Waals surface area contributed by atoms with Gasteiger partial charge in [-0.25, -0.2) is 4.79 Å². The van der Waals surface area contributed by atoms with Crippen LogP contribution in [0.25, 0.3) is 0 Å². The number of rotatable bonds is 8. The molecule has 1 heterocycles. The first-order valence-corrected chi connectivity index (χ1v) is 6.82. The van der Waals surface area contributed by atoms with E-state index in [4.69, 9.17) is 10.2 Å². The average molecular weight is 286 g/mol. The van der Waals surface area contributed by atoms with Gasteiger partial charge < -0.3 is 20.4 Å². The molecule has 0 radical (unpaired) electrons. The van der Waals surface area contributed by atoms with E-state index in [2.05, 4.69) is 5.32 Å². The summed E-state index contributed by atoms with van der Waals surface area (Å²) in [6, 6.07) is -0.869. The zero-order valence-corrected chi connectivity index (χ0v) is 11.7. The summed E-state index contributed by atoms with van der Waals surface area (Å²) in [7, 11) is 0. The second kappa shape index (κ2) is 7.84. The average Bonchev–Trinajstić information content (AvgIpc) is 2.73. The van der Waals surface area contributed by atoms with E-state index < -0.39 is 12.0 Å². The topological polar surface area (TPSA) is 107 Å². The predicted octanol–water partition coefficient (Wildman–Crippen LogP) is -0.413. The zero-order chi connectivity index (χ0) is 15.1. The van der Waals surface area contributed by atoms with Crippen LogP contribution in [-0.4, -0.2) is 58.6 Å². The fourth-order valence-corrected chi connectivity index (χ4v) is 2.35. The van der Waals surface area contributed by atoms with Crippen molar-refractivity contribution in [2.45, 2.75) is 38.6 Å². The molecule has 0 aromatic rings. The van der Waals surface area contributed by atoms with Gasteiger partial charge in [-0.1, -0.05) is 0 Å². The Morgan fingerprint density at radius 3 is 2.65 bits per heavy atom. The summed E-state index contributed by atoms with van der Waals surface area (Å²) in [4.78, 5) is 35.1. The van der Waals surface area contributed by atoms with E-state index in [9.17, 15) is 14.4 Å². The van der Waals surface area contributed by atoms with E-state index in [0.29, 0.717) is 38.8 Å². The maximum atomic E-state index is 11.6. The molecule has 1 fully saturated rings. The lowest BCUT2D eigenvalue weighted by Gasteiger charge is -2.17. The number of unbranched alkanes of at least 4 members (excludes halogenated alkanes) is 1. The first-order valence-electron chi connectivity index (χ1n) is 6.82. The molecule has 0 aromatic carbocycles. The molecule has 0 aromatic heterocycles. The molecule has 114 valence electrons. The number of aliphatic hydroxyl groups excluding tert-OH is 1. The molecule has 3 N–H and O–H groups in total. The van der Waals surface area contributed by atoms with Gasteiger partial charge in [0.15, 0.2) is 0 Å². The number of amides is 2. The van der Waals surface area contributed by atoms with E-state index in [0.717, 1.165) is 0 Å². The number of carbonyl (C=O) groups is 3. The van der Waals surface area contributed by atoms with Crippen molar-refractivity contribution in [2.24, 2.45) is 5.92 Å². The second-order valence-electron chi connectivity index (χ2n) is 5.18. The number of carboxylic acids is 1. The summed E-state index contributed by atoms with van der Waals surface area (Å²) >= 11 is 0. The van der Waals surface area contributed by atoms with Crippen LogP contribution in [0.15, 0.2) is 0 Å². The lowest BCUT2D eigenvalue weighted by molar-refractivity contribution is -0.141. The Morgan fingerprint density at radius 1 is 1.45 bits per heavy atom. The van der Waals surface area contributed by atoms with Gasteiger partial charge in [-0.05, 0) is 19.3 Å². The van der Waals surface area contributed by atoms with Crippen molar-refractivity contribution in [3.05, 3.63) is 0 Å². The highest BCUT2D eigenvalue weighted by Crippen LogP contribution is 2.17. The third-order valence-electron chi connectivity index (χ3n) is 3.40. The molecule has 7 heteroatoms. The molecule has 1 saturated heterocycles. The maximum Gasteiger partial charge on any atom is 0.326 e. The molecule has 0 aliphatic carbocycles. The lowest BCUT2D eigenvalue weighted by atomic mass is 10.1. The summed E-state index contributed by atoms with van der Waals surface area (Å²) in [6.45, 7) is 2.45. The maximum absolute atomic E-state index is 11.6. The van der Waals surface area contributed by atoms with Gasteiger partial charge in [-0.3, -0.25) is 9.59 Å². The van der Waals surface area contributed by atoms with E-state index in [1.165, 1.54) is 6.92 Å². The first kappa shape index (κ1) is 16.4. The molecular weight excluding hydrogens is 264 g/mol. The van der Waals surface area contributed by atoms with Gasteiger partial charge in [-0.15, -0.1) is 0 Å². The van der Waals surface area contributed by atoms with Crippen LogP contribution >= 0.6 is 0 Å². The zero-order valence-electron chi connectivity index (χ0n) is 11.7. The van der Waals surface area contributed by atoms with Gasteiger partial charge in [-0.2, -0.15) is 0 Å². The SMILES string of the molecule is CC(=O)N[C@@H](CCCCN1CC(CO)CC1=O)C(=O)O. The number of nitrogens with zero attached hydrogens (tertiary/aromatic N) is 1. The minimum absolute atomic E-state index is 0.0197. The quantitative estimate of drug-likeness (QED) is 0.526. The smallest absolute Gasteiger partial charge is 0.326 e. The number of carbonyl (C=O) groups excluding carboxylic acids is 2. The summed E-state index contributed by atoms with van der Waals surface area (Å²) in [5.41, 5.74) is 0. The summed E-state index contributed by atoms with van der Waals surface area (Å²) in [5, 5.41) is 20.3. The fourth-order valence-electron chi connectivity index (χ4n) is 2.35. The third kappa shape index (κ3) is 5.16. The Hall–Kier alpha value is -1.63. The summed E-state index contributed by atoms with van der Waals surface area (Å²) in [6.07, 6.45) is 2.04. The number of aliphatic hydroxyl groups is 1. The minimum atomic E-state index is -1.04. The monoisotopic (exact) mass is 286 g/mol. The molecule has 2 atom stereocenters. The Labute approximate surface area is 117 Å². The van der Waals surface area contributed by atoms with Crippen molar-refractivity contribution in [3.63, 3.8) is 0 Å². The normalized spacial score (nSPS) is 20.0. The Kier molecular flexibility index (Phi) is 6.44. The first-order chi connectivity index (χ1) is 9.43. The van der Waals surface area contributed by atoms with Crippen molar-refractivity contribution in [1.82, 2.24) is 10.2 Å². The molecule has 0 bridgehead atoms. The number of hydrogen-bond donors (Lipinski definition) is 3. The Morgan fingerprint density at radius 2 is 2.15 bits per heavy atom. The molecule has 0 saturated carbocycles. The van der Waals surface area contributed by atoms with E-state index >= 15 is 0 Å². The largest absolute Gasteiger partial charge is 0.480 e. The van der Waals surface area contributed by atoms with Crippen LogP contribution in [0.5, 0.6) is 0 Å². The van der Waals surface area contributed by atoms with Crippen LogP contribution in [0.3, 0.4) is 0 Å². The van der Waals surface area contributed by atoms with Crippen molar-refractivity contribution >= 4 is 17.8 Å². The standard InChI is InChI=1S/C13H22N2O5/c1-9(17)14-11(13(19)20)4-2-3-5-15-7-10(8-16)6-12(15)18/h10-11,16H,2-8H2,1H3,(H,14,17)(H,19,20)/t10?,11-/m0/s1. The van der Waals surface area contributed by atoms with Crippen molar-refractivity contribution in [3.8, 4) is 0 Å². The Balaban J connectivity index is 2.25. The molecule has 1 rings (SSSR count). The van der Waals surface area contributed by atoms with E-state index in [1.807, 2.05) is 0 Å². The van der Waals surface area contributed by atoms with Gasteiger partial charge in [0.25, 0.3) is 0 Å². The third-order valence-corrected chi connectivity index (χ3v) is 3.40.